The number of rotatable bonds is 56. The van der Waals surface area contributed by atoms with Crippen LogP contribution in [0.3, 0.4) is 0 Å². The van der Waals surface area contributed by atoms with Crippen LogP contribution in [0.4, 0.5) is 0 Å². The lowest BCUT2D eigenvalue weighted by atomic mass is 10.0. The van der Waals surface area contributed by atoms with Crippen LogP contribution < -0.4 is 0 Å². The minimum Gasteiger partial charge on any atom is -0.462 e. The largest absolute Gasteiger partial charge is 0.462 e. The van der Waals surface area contributed by atoms with Crippen LogP contribution in [0, 0.1) is 0 Å². The lowest BCUT2D eigenvalue weighted by molar-refractivity contribution is -0.167. The van der Waals surface area contributed by atoms with Crippen molar-refractivity contribution in [2.45, 2.75) is 309 Å². The Hall–Kier alpha value is -3.41. The number of hydrogen-bond donors (Lipinski definition) is 0. The lowest BCUT2D eigenvalue weighted by Gasteiger charge is -2.18. The first-order valence-electron chi connectivity index (χ1n) is 31.1. The van der Waals surface area contributed by atoms with Crippen LogP contribution in [0.2, 0.25) is 0 Å². The zero-order valence-electron chi connectivity index (χ0n) is 48.1. The van der Waals surface area contributed by atoms with E-state index < -0.39 is 6.10 Å². The Labute approximate surface area is 452 Å². The van der Waals surface area contributed by atoms with Gasteiger partial charge in [-0.2, -0.15) is 0 Å². The maximum Gasteiger partial charge on any atom is 0.306 e. The van der Waals surface area contributed by atoms with Crippen molar-refractivity contribution >= 4 is 17.9 Å². The Kier molecular flexibility index (Phi) is 58.3. The van der Waals surface area contributed by atoms with E-state index in [1.807, 2.05) is 0 Å². The van der Waals surface area contributed by atoms with Crippen molar-refractivity contribution in [3.05, 3.63) is 85.1 Å². The highest BCUT2D eigenvalue weighted by Crippen LogP contribution is 2.16. The van der Waals surface area contributed by atoms with Crippen molar-refractivity contribution in [1.82, 2.24) is 0 Å². The first kappa shape index (κ1) is 69.6. The molecule has 0 saturated carbocycles. The van der Waals surface area contributed by atoms with Gasteiger partial charge in [0.2, 0.25) is 0 Å². The normalized spacial score (nSPS) is 12.6. The van der Waals surface area contributed by atoms with E-state index in [2.05, 4.69) is 106 Å². The molecule has 0 aliphatic heterocycles. The summed E-state index contributed by atoms with van der Waals surface area (Å²) in [6, 6.07) is 0. The van der Waals surface area contributed by atoms with Crippen molar-refractivity contribution in [2.24, 2.45) is 0 Å². The minimum atomic E-state index is -0.798. The van der Waals surface area contributed by atoms with Crippen molar-refractivity contribution in [2.75, 3.05) is 13.2 Å². The Morgan fingerprint density at radius 2 is 0.548 bits per heavy atom. The summed E-state index contributed by atoms with van der Waals surface area (Å²) in [7, 11) is 0. The molecule has 0 aromatic heterocycles. The Morgan fingerprint density at radius 3 is 0.904 bits per heavy atom. The van der Waals surface area contributed by atoms with E-state index in [9.17, 15) is 14.4 Å². The molecule has 1 atom stereocenters. The van der Waals surface area contributed by atoms with Crippen molar-refractivity contribution in [1.29, 1.82) is 0 Å². The molecule has 1 unspecified atom stereocenters. The number of carbonyl (C=O) groups is 3. The van der Waals surface area contributed by atoms with E-state index >= 15 is 0 Å². The third-order valence-corrected chi connectivity index (χ3v) is 13.4. The summed E-state index contributed by atoms with van der Waals surface area (Å²) in [6.45, 7) is 6.48. The summed E-state index contributed by atoms with van der Waals surface area (Å²) in [4.78, 5) is 38.2. The topological polar surface area (TPSA) is 78.9 Å². The summed E-state index contributed by atoms with van der Waals surface area (Å²) < 4.78 is 16.9. The van der Waals surface area contributed by atoms with Gasteiger partial charge in [-0.05, 0) is 109 Å². The van der Waals surface area contributed by atoms with Crippen LogP contribution in [0.25, 0.3) is 0 Å². The van der Waals surface area contributed by atoms with Gasteiger partial charge in [-0.3, -0.25) is 14.4 Å². The molecule has 0 amide bonds. The second-order valence-electron chi connectivity index (χ2n) is 20.6. The molecule has 0 aromatic rings. The molecule has 420 valence electrons. The molecule has 0 aliphatic carbocycles. The summed E-state index contributed by atoms with van der Waals surface area (Å²) in [5.74, 6) is -0.926. The SMILES string of the molecule is CC/C=C\C/C=C\C/C=C\C/C=C\C/C=C\CCCCCC(=O)OC(COC(=O)CCCCCCC/C=C\CCCC)COC(=O)CCCCCCCCCCCCCCC/C=C\CCCCCCCCCC. The van der Waals surface area contributed by atoms with Gasteiger partial charge in [0.15, 0.2) is 6.10 Å². The van der Waals surface area contributed by atoms with E-state index in [0.29, 0.717) is 12.8 Å². The Bertz CT molecular complexity index is 1400. The van der Waals surface area contributed by atoms with E-state index in [0.717, 1.165) is 103 Å². The molecule has 0 saturated heterocycles. The lowest BCUT2D eigenvalue weighted by Crippen LogP contribution is -2.30. The predicted molar refractivity (Wildman–Crippen MR) is 316 cm³/mol. The molecule has 0 rings (SSSR count). The fraction of sp³-hybridized carbons (Fsp3) is 0.746. The van der Waals surface area contributed by atoms with Crippen LogP contribution in [0.1, 0.15) is 303 Å². The molecule has 73 heavy (non-hydrogen) atoms. The molecule has 0 N–H and O–H groups in total. The van der Waals surface area contributed by atoms with Crippen LogP contribution in [0.5, 0.6) is 0 Å². The molecule has 6 nitrogen and oxygen atoms in total. The van der Waals surface area contributed by atoms with Crippen molar-refractivity contribution in [3.8, 4) is 0 Å². The molecule has 0 heterocycles. The van der Waals surface area contributed by atoms with Gasteiger partial charge < -0.3 is 14.2 Å². The van der Waals surface area contributed by atoms with E-state index in [1.165, 1.54) is 161 Å². The van der Waals surface area contributed by atoms with Crippen LogP contribution in [-0.2, 0) is 28.6 Å². The van der Waals surface area contributed by atoms with Crippen molar-refractivity contribution < 1.29 is 28.6 Å². The molecule has 0 spiro atoms. The summed E-state index contributed by atoms with van der Waals surface area (Å²) in [5.41, 5.74) is 0. The van der Waals surface area contributed by atoms with Gasteiger partial charge in [0.1, 0.15) is 13.2 Å². The standard InChI is InChI=1S/C67H116O6/c1-4-7-10-13-16-19-22-24-26-28-30-31-32-33-34-35-37-38-40-42-45-48-51-54-57-60-66(69)72-63-64(62-71-65(68)59-56-53-50-47-44-21-18-15-12-9-6-3)73-67(70)61-58-55-52-49-46-43-41-39-36-29-27-25-23-20-17-14-11-8-5-2/h8,11,15,17-18,20,25,27-28,30,36,39,43,46,64H,4-7,9-10,12-14,16,19,21-24,26,29,31-35,37-38,40-42,44-45,47-63H2,1-3H3/b11-8-,18-15-,20-17-,27-25-,30-28-,39-36-,46-43-. The second kappa shape index (κ2) is 61.1. The molecule has 0 bridgehead atoms. The number of hydrogen-bond acceptors (Lipinski definition) is 6. The minimum absolute atomic E-state index is 0.0917. The molecular weight excluding hydrogens is 901 g/mol. The number of ether oxygens (including phenoxy) is 3. The third kappa shape index (κ3) is 59.3. The first-order chi connectivity index (χ1) is 36.0. The fourth-order valence-electron chi connectivity index (χ4n) is 8.68. The van der Waals surface area contributed by atoms with Gasteiger partial charge in [-0.15, -0.1) is 0 Å². The van der Waals surface area contributed by atoms with Gasteiger partial charge in [-0.25, -0.2) is 0 Å². The molecule has 0 aromatic carbocycles. The zero-order chi connectivity index (χ0) is 52.9. The number of allylic oxidation sites excluding steroid dienone is 14. The van der Waals surface area contributed by atoms with Gasteiger partial charge in [0, 0.05) is 19.3 Å². The van der Waals surface area contributed by atoms with Crippen LogP contribution in [-0.4, -0.2) is 37.2 Å². The monoisotopic (exact) mass is 1020 g/mol. The quantitative estimate of drug-likeness (QED) is 0.0261. The van der Waals surface area contributed by atoms with Crippen LogP contribution >= 0.6 is 0 Å². The number of unbranched alkanes of at least 4 members (excludes halogenated alkanes) is 31. The molecular formula is C67H116O6. The molecule has 6 heteroatoms. The highest BCUT2D eigenvalue weighted by molar-refractivity contribution is 5.71. The summed E-state index contributed by atoms with van der Waals surface area (Å²) >= 11 is 0. The van der Waals surface area contributed by atoms with E-state index in [4.69, 9.17) is 14.2 Å². The highest BCUT2D eigenvalue weighted by atomic mass is 16.6. The number of carbonyl (C=O) groups excluding carboxylic acids is 3. The maximum atomic E-state index is 12.9. The molecule has 0 radical (unpaired) electrons. The fourth-order valence-corrected chi connectivity index (χ4v) is 8.68. The maximum absolute atomic E-state index is 12.9. The smallest absolute Gasteiger partial charge is 0.306 e. The number of esters is 3. The second-order valence-corrected chi connectivity index (χ2v) is 20.6. The summed E-state index contributed by atoms with van der Waals surface area (Å²) in [5, 5.41) is 0. The zero-order valence-corrected chi connectivity index (χ0v) is 48.1. The van der Waals surface area contributed by atoms with E-state index in [-0.39, 0.29) is 37.5 Å². The van der Waals surface area contributed by atoms with Crippen LogP contribution in [0.15, 0.2) is 85.1 Å². The average molecular weight is 1020 g/mol. The Morgan fingerprint density at radius 1 is 0.288 bits per heavy atom. The molecule has 0 fully saturated rings. The van der Waals surface area contributed by atoms with Gasteiger partial charge in [0.05, 0.1) is 0 Å². The van der Waals surface area contributed by atoms with E-state index in [1.54, 1.807) is 0 Å². The first-order valence-corrected chi connectivity index (χ1v) is 31.1. The van der Waals surface area contributed by atoms with Crippen molar-refractivity contribution in [3.63, 3.8) is 0 Å². The third-order valence-electron chi connectivity index (χ3n) is 13.4. The Balaban J connectivity index is 4.30. The van der Waals surface area contributed by atoms with Gasteiger partial charge >= 0.3 is 17.9 Å². The predicted octanol–water partition coefficient (Wildman–Crippen LogP) is 21.1. The average Bonchev–Trinajstić information content (AvgIpc) is 3.39. The highest BCUT2D eigenvalue weighted by Gasteiger charge is 2.19. The summed E-state index contributed by atoms with van der Waals surface area (Å²) in [6.07, 6.45) is 80.2. The van der Waals surface area contributed by atoms with Gasteiger partial charge in [0.25, 0.3) is 0 Å². The van der Waals surface area contributed by atoms with Gasteiger partial charge in [-0.1, -0.05) is 260 Å². The molecule has 0 aliphatic rings.